The lowest BCUT2D eigenvalue weighted by atomic mass is 9.74. The van der Waals surface area contributed by atoms with Crippen molar-refractivity contribution in [1.82, 2.24) is 10.2 Å². The van der Waals surface area contributed by atoms with E-state index < -0.39 is 5.41 Å². The van der Waals surface area contributed by atoms with Gasteiger partial charge in [0, 0.05) is 26.1 Å². The molecule has 1 heterocycles. The molecular formula is C20H30N2O4. The third kappa shape index (κ3) is 3.79. The summed E-state index contributed by atoms with van der Waals surface area (Å²) in [7, 11) is 5.00. The second-order valence-corrected chi connectivity index (χ2v) is 6.85. The Hall–Kier alpha value is -2.24. The van der Waals surface area contributed by atoms with Crippen LogP contribution in [0.4, 0.5) is 0 Å². The van der Waals surface area contributed by atoms with E-state index in [-0.39, 0.29) is 17.9 Å². The van der Waals surface area contributed by atoms with E-state index in [0.717, 1.165) is 12.0 Å². The number of rotatable bonds is 8. The summed E-state index contributed by atoms with van der Waals surface area (Å²) in [6.07, 6.45) is 2.67. The zero-order valence-corrected chi connectivity index (χ0v) is 16.4. The van der Waals surface area contributed by atoms with Crippen LogP contribution >= 0.6 is 0 Å². The number of likely N-dealkylation sites (N-methyl/N-ethyl adjacent to an activating group) is 1. The summed E-state index contributed by atoms with van der Waals surface area (Å²) in [5.74, 6) is 1.39. The minimum atomic E-state index is -0.628. The second-order valence-electron chi connectivity index (χ2n) is 6.85. The van der Waals surface area contributed by atoms with Crippen LogP contribution in [0.3, 0.4) is 0 Å². The normalized spacial score (nSPS) is 17.0. The van der Waals surface area contributed by atoms with Gasteiger partial charge < -0.3 is 19.7 Å². The van der Waals surface area contributed by atoms with E-state index in [2.05, 4.69) is 5.32 Å². The predicted octanol–water partition coefficient (Wildman–Crippen LogP) is 2.50. The number of benzene rings is 1. The molecule has 0 spiro atoms. The molecule has 2 amide bonds. The van der Waals surface area contributed by atoms with Crippen LogP contribution < -0.4 is 14.8 Å². The highest BCUT2D eigenvalue weighted by molar-refractivity contribution is 5.88. The molecule has 1 atom stereocenters. The predicted molar refractivity (Wildman–Crippen MR) is 101 cm³/mol. The van der Waals surface area contributed by atoms with Gasteiger partial charge >= 0.3 is 0 Å². The maximum absolute atomic E-state index is 13.4. The second kappa shape index (κ2) is 8.43. The quantitative estimate of drug-likeness (QED) is 0.771. The number of hydrogen-bond donors (Lipinski definition) is 1. The number of carbonyl (C=O) groups is 2. The van der Waals surface area contributed by atoms with Gasteiger partial charge in [0.25, 0.3) is 0 Å². The summed E-state index contributed by atoms with van der Waals surface area (Å²) in [4.78, 5) is 26.6. The van der Waals surface area contributed by atoms with Crippen molar-refractivity contribution in [1.29, 1.82) is 0 Å². The number of hydrogen-bond acceptors (Lipinski definition) is 4. The zero-order valence-electron chi connectivity index (χ0n) is 16.4. The number of nitrogens with one attached hydrogen (secondary N) is 1. The maximum atomic E-state index is 13.4. The molecule has 0 aliphatic carbocycles. The molecule has 0 radical (unpaired) electrons. The largest absolute Gasteiger partial charge is 0.493 e. The highest BCUT2D eigenvalue weighted by Crippen LogP contribution is 2.38. The Kier molecular flexibility index (Phi) is 6.51. The molecule has 1 fully saturated rings. The third-order valence-electron chi connectivity index (χ3n) is 5.48. The van der Waals surface area contributed by atoms with Crippen molar-refractivity contribution in [2.75, 3.05) is 27.8 Å². The Morgan fingerprint density at radius 1 is 1.23 bits per heavy atom. The lowest BCUT2D eigenvalue weighted by molar-refractivity contribution is -0.137. The molecule has 0 saturated carbocycles. The molecule has 2 rings (SSSR count). The molecule has 0 aromatic heterocycles. The van der Waals surface area contributed by atoms with E-state index >= 15 is 0 Å². The van der Waals surface area contributed by atoms with Crippen LogP contribution in [0.2, 0.25) is 0 Å². The molecule has 1 aromatic carbocycles. The topological polar surface area (TPSA) is 67.9 Å². The van der Waals surface area contributed by atoms with Crippen LogP contribution in [-0.4, -0.2) is 50.6 Å². The minimum absolute atomic E-state index is 0.0354. The number of nitrogens with zero attached hydrogens (tertiary/aromatic N) is 1. The van der Waals surface area contributed by atoms with Gasteiger partial charge in [-0.1, -0.05) is 19.9 Å². The minimum Gasteiger partial charge on any atom is -0.493 e. The molecule has 0 bridgehead atoms. The van der Waals surface area contributed by atoms with Crippen molar-refractivity contribution in [3.63, 3.8) is 0 Å². The smallest absolute Gasteiger partial charge is 0.233 e. The first-order chi connectivity index (χ1) is 12.4. The fourth-order valence-corrected chi connectivity index (χ4v) is 3.81. The maximum Gasteiger partial charge on any atom is 0.233 e. The Morgan fingerprint density at radius 3 is 2.38 bits per heavy atom. The van der Waals surface area contributed by atoms with Crippen molar-refractivity contribution < 1.29 is 19.1 Å². The summed E-state index contributed by atoms with van der Waals surface area (Å²) in [5, 5.41) is 2.93. The molecule has 26 heavy (non-hydrogen) atoms. The first-order valence-electron chi connectivity index (χ1n) is 9.19. The van der Waals surface area contributed by atoms with Crippen molar-refractivity contribution in [3.8, 4) is 11.5 Å². The zero-order chi connectivity index (χ0) is 19.3. The first-order valence-corrected chi connectivity index (χ1v) is 9.19. The van der Waals surface area contributed by atoms with Crippen LogP contribution in [0.5, 0.6) is 11.5 Å². The van der Waals surface area contributed by atoms with E-state index in [4.69, 9.17) is 9.47 Å². The summed E-state index contributed by atoms with van der Waals surface area (Å²) >= 11 is 0. The average Bonchev–Trinajstić information content (AvgIpc) is 3.07. The molecule has 6 nitrogen and oxygen atoms in total. The Labute approximate surface area is 155 Å². The van der Waals surface area contributed by atoms with Gasteiger partial charge in [-0.25, -0.2) is 0 Å². The number of methoxy groups -OCH3 is 2. The van der Waals surface area contributed by atoms with Gasteiger partial charge in [-0.3, -0.25) is 9.59 Å². The molecule has 144 valence electrons. The highest BCUT2D eigenvalue weighted by Gasteiger charge is 2.40. The molecule has 1 aromatic rings. The van der Waals surface area contributed by atoms with Crippen LogP contribution in [0, 0.1) is 0 Å². The van der Waals surface area contributed by atoms with Crippen LogP contribution in [0.1, 0.15) is 45.1 Å². The van der Waals surface area contributed by atoms with Crippen molar-refractivity contribution in [3.05, 3.63) is 23.8 Å². The Balaban J connectivity index is 2.30. The molecule has 1 aliphatic heterocycles. The van der Waals surface area contributed by atoms with E-state index in [1.165, 1.54) is 0 Å². The van der Waals surface area contributed by atoms with Gasteiger partial charge in [-0.05, 0) is 37.0 Å². The molecule has 6 heteroatoms. The molecule has 1 aliphatic rings. The number of amides is 2. The fraction of sp³-hybridized carbons (Fsp3) is 0.600. The van der Waals surface area contributed by atoms with Gasteiger partial charge in [0.1, 0.15) is 0 Å². The molecule has 0 unspecified atom stereocenters. The summed E-state index contributed by atoms with van der Waals surface area (Å²) in [6, 6.07) is 5.72. The third-order valence-corrected chi connectivity index (χ3v) is 5.48. The van der Waals surface area contributed by atoms with Gasteiger partial charge in [-0.2, -0.15) is 0 Å². The standard InChI is InChI=1S/C20H30N2O4/c1-6-20(7-2,14-8-10-16(25-4)17(12-14)26-5)19(24)22(3)13-15-9-11-18(23)21-15/h8,10,12,15H,6-7,9,11,13H2,1-5H3,(H,21,23)/t15-/m0/s1. The average molecular weight is 362 g/mol. The van der Waals surface area contributed by atoms with Crippen molar-refractivity contribution in [2.24, 2.45) is 0 Å². The van der Waals surface area contributed by atoms with Crippen LogP contribution in [0.25, 0.3) is 0 Å². The monoisotopic (exact) mass is 362 g/mol. The summed E-state index contributed by atoms with van der Waals surface area (Å²) in [5.41, 5.74) is 0.296. The summed E-state index contributed by atoms with van der Waals surface area (Å²) < 4.78 is 10.7. The van der Waals surface area contributed by atoms with Gasteiger partial charge in [0.2, 0.25) is 11.8 Å². The van der Waals surface area contributed by atoms with E-state index in [1.807, 2.05) is 39.1 Å². The highest BCUT2D eigenvalue weighted by atomic mass is 16.5. The van der Waals surface area contributed by atoms with Gasteiger partial charge in [0.15, 0.2) is 11.5 Å². The van der Waals surface area contributed by atoms with Crippen LogP contribution in [0.15, 0.2) is 18.2 Å². The SMILES string of the molecule is CCC(CC)(C(=O)N(C)C[C@@H]1CCC(=O)N1)c1ccc(OC)c(OC)c1. The van der Waals surface area contributed by atoms with Crippen molar-refractivity contribution in [2.45, 2.75) is 51.0 Å². The Bertz CT molecular complexity index is 655. The van der Waals surface area contributed by atoms with Crippen molar-refractivity contribution >= 4 is 11.8 Å². The Morgan fingerprint density at radius 2 is 1.88 bits per heavy atom. The fourth-order valence-electron chi connectivity index (χ4n) is 3.81. The molecular weight excluding hydrogens is 332 g/mol. The van der Waals surface area contributed by atoms with E-state index in [1.54, 1.807) is 19.1 Å². The van der Waals surface area contributed by atoms with Gasteiger partial charge in [0.05, 0.1) is 19.6 Å². The summed E-state index contributed by atoms with van der Waals surface area (Å²) in [6.45, 7) is 4.59. The number of carbonyl (C=O) groups excluding carboxylic acids is 2. The lowest BCUT2D eigenvalue weighted by Gasteiger charge is -2.36. The number of ether oxygens (including phenoxy) is 2. The van der Waals surface area contributed by atoms with Crippen LogP contribution in [-0.2, 0) is 15.0 Å². The molecule has 1 N–H and O–H groups in total. The van der Waals surface area contributed by atoms with E-state index in [9.17, 15) is 9.59 Å². The first kappa shape index (κ1) is 20.1. The van der Waals surface area contributed by atoms with E-state index in [0.29, 0.717) is 37.3 Å². The molecule has 1 saturated heterocycles. The van der Waals surface area contributed by atoms with Gasteiger partial charge in [-0.15, -0.1) is 0 Å². The lowest BCUT2D eigenvalue weighted by Crippen LogP contribution is -2.48.